The minimum atomic E-state index is -0.0391. The van der Waals surface area contributed by atoms with Crippen LogP contribution in [0.25, 0.3) is 0 Å². The molecule has 2 amide bonds. The standard InChI is InChI=1S/C21H28N4O2S/c1-27-18-8-6-17(7-9-18)22-21(26)25-12-10-16(11-13-25)20-24-23-19(28-20)14-15-4-2-3-5-15/h6-9,15-16H,2-5,10-14H2,1H3,(H,22,26). The van der Waals surface area contributed by atoms with Gasteiger partial charge in [-0.1, -0.05) is 25.7 Å². The van der Waals surface area contributed by atoms with E-state index in [1.54, 1.807) is 18.4 Å². The van der Waals surface area contributed by atoms with Gasteiger partial charge in [-0.15, -0.1) is 21.5 Å². The largest absolute Gasteiger partial charge is 0.497 e. The Bertz CT molecular complexity index is 778. The lowest BCUT2D eigenvalue weighted by atomic mass is 9.98. The summed E-state index contributed by atoms with van der Waals surface area (Å²) in [6, 6.07) is 7.37. The molecule has 1 aliphatic carbocycles. The molecule has 6 nitrogen and oxygen atoms in total. The van der Waals surface area contributed by atoms with Crippen molar-refractivity contribution in [3.8, 4) is 5.75 Å². The van der Waals surface area contributed by atoms with Crippen LogP contribution in [-0.2, 0) is 6.42 Å². The van der Waals surface area contributed by atoms with Gasteiger partial charge in [-0.25, -0.2) is 4.79 Å². The summed E-state index contributed by atoms with van der Waals surface area (Å²) in [5.74, 6) is 2.02. The van der Waals surface area contributed by atoms with E-state index in [0.29, 0.717) is 5.92 Å². The Morgan fingerprint density at radius 2 is 1.86 bits per heavy atom. The van der Waals surface area contributed by atoms with Gasteiger partial charge in [0.05, 0.1) is 7.11 Å². The van der Waals surface area contributed by atoms with Gasteiger partial charge < -0.3 is 15.0 Å². The third-order valence-corrected chi connectivity index (χ3v) is 7.00. The van der Waals surface area contributed by atoms with Crippen LogP contribution >= 0.6 is 11.3 Å². The van der Waals surface area contributed by atoms with E-state index in [2.05, 4.69) is 15.5 Å². The second-order valence-corrected chi connectivity index (χ2v) is 8.90. The molecule has 0 radical (unpaired) electrons. The highest BCUT2D eigenvalue weighted by Crippen LogP contribution is 2.33. The lowest BCUT2D eigenvalue weighted by Crippen LogP contribution is -2.40. The van der Waals surface area contributed by atoms with Gasteiger partial charge in [-0.3, -0.25) is 0 Å². The maximum atomic E-state index is 12.5. The Morgan fingerprint density at radius 1 is 1.14 bits per heavy atom. The molecule has 2 heterocycles. The van der Waals surface area contributed by atoms with E-state index >= 15 is 0 Å². The monoisotopic (exact) mass is 400 g/mol. The van der Waals surface area contributed by atoms with Crippen LogP contribution in [0.1, 0.15) is 54.5 Å². The molecule has 1 N–H and O–H groups in total. The second kappa shape index (κ2) is 8.90. The normalized spacial score (nSPS) is 18.4. The fraction of sp³-hybridized carbons (Fsp3) is 0.571. The molecule has 0 unspecified atom stereocenters. The van der Waals surface area contributed by atoms with Crippen molar-refractivity contribution in [1.82, 2.24) is 15.1 Å². The number of aromatic nitrogens is 2. The molecular weight excluding hydrogens is 372 g/mol. The number of carbonyl (C=O) groups excluding carboxylic acids is 1. The molecule has 4 rings (SSSR count). The Labute approximate surface area is 170 Å². The number of hydrogen-bond donors (Lipinski definition) is 1. The Morgan fingerprint density at radius 3 is 2.54 bits per heavy atom. The summed E-state index contributed by atoms with van der Waals surface area (Å²) in [5.41, 5.74) is 0.786. The summed E-state index contributed by atoms with van der Waals surface area (Å²) in [6.07, 6.45) is 8.43. The quantitative estimate of drug-likeness (QED) is 0.790. The minimum Gasteiger partial charge on any atom is -0.497 e. The van der Waals surface area contributed by atoms with Crippen molar-refractivity contribution in [2.24, 2.45) is 5.92 Å². The SMILES string of the molecule is COc1ccc(NC(=O)N2CCC(c3nnc(CC4CCCC4)s3)CC2)cc1. The molecule has 0 bridgehead atoms. The van der Waals surface area contributed by atoms with Crippen LogP contribution in [0.3, 0.4) is 0 Å². The van der Waals surface area contributed by atoms with Crippen LogP contribution in [0.5, 0.6) is 5.75 Å². The molecule has 7 heteroatoms. The van der Waals surface area contributed by atoms with Gasteiger partial charge in [0.1, 0.15) is 15.8 Å². The lowest BCUT2D eigenvalue weighted by Gasteiger charge is -2.31. The van der Waals surface area contributed by atoms with E-state index < -0.39 is 0 Å². The van der Waals surface area contributed by atoms with Gasteiger partial charge in [0.15, 0.2) is 0 Å². The van der Waals surface area contributed by atoms with Crippen molar-refractivity contribution in [2.75, 3.05) is 25.5 Å². The van der Waals surface area contributed by atoms with Crippen LogP contribution in [0.4, 0.5) is 10.5 Å². The molecule has 150 valence electrons. The zero-order valence-corrected chi connectivity index (χ0v) is 17.2. The molecule has 28 heavy (non-hydrogen) atoms. The first-order chi connectivity index (χ1) is 13.7. The number of ether oxygens (including phenoxy) is 1. The van der Waals surface area contributed by atoms with Crippen molar-refractivity contribution < 1.29 is 9.53 Å². The van der Waals surface area contributed by atoms with E-state index in [4.69, 9.17) is 4.74 Å². The summed E-state index contributed by atoms with van der Waals surface area (Å²) in [6.45, 7) is 1.51. The van der Waals surface area contributed by atoms with Crippen molar-refractivity contribution in [3.63, 3.8) is 0 Å². The first kappa shape index (κ1) is 19.2. The molecule has 2 aliphatic rings. The number of carbonyl (C=O) groups is 1. The molecule has 0 atom stereocenters. The van der Waals surface area contributed by atoms with Crippen molar-refractivity contribution in [2.45, 2.75) is 50.9 Å². The van der Waals surface area contributed by atoms with Gasteiger partial charge in [0.2, 0.25) is 0 Å². The van der Waals surface area contributed by atoms with Crippen molar-refractivity contribution in [1.29, 1.82) is 0 Å². The molecule has 2 fully saturated rings. The zero-order valence-electron chi connectivity index (χ0n) is 16.4. The van der Waals surface area contributed by atoms with Gasteiger partial charge in [0.25, 0.3) is 0 Å². The maximum Gasteiger partial charge on any atom is 0.321 e. The number of benzene rings is 1. The molecular formula is C21H28N4O2S. The minimum absolute atomic E-state index is 0.0391. The number of piperidine rings is 1. The smallest absolute Gasteiger partial charge is 0.321 e. The average molecular weight is 401 g/mol. The predicted octanol–water partition coefficient (Wildman–Crippen LogP) is 4.69. The van der Waals surface area contributed by atoms with E-state index in [1.807, 2.05) is 29.2 Å². The number of hydrogen-bond acceptors (Lipinski definition) is 5. The van der Waals surface area contributed by atoms with Crippen LogP contribution in [-0.4, -0.2) is 41.3 Å². The molecule has 0 spiro atoms. The topological polar surface area (TPSA) is 67.3 Å². The molecule has 1 aromatic carbocycles. The summed E-state index contributed by atoms with van der Waals surface area (Å²) in [4.78, 5) is 14.4. The number of likely N-dealkylation sites (tertiary alicyclic amines) is 1. The number of nitrogens with zero attached hydrogens (tertiary/aromatic N) is 3. The van der Waals surface area contributed by atoms with Gasteiger partial charge in [-0.05, 0) is 43.0 Å². The van der Waals surface area contributed by atoms with Crippen LogP contribution in [0.15, 0.2) is 24.3 Å². The van der Waals surface area contributed by atoms with E-state index in [0.717, 1.165) is 54.7 Å². The summed E-state index contributed by atoms with van der Waals surface area (Å²) in [7, 11) is 1.63. The Kier molecular flexibility index (Phi) is 6.10. The highest BCUT2D eigenvalue weighted by Gasteiger charge is 2.27. The Balaban J connectivity index is 1.26. The maximum absolute atomic E-state index is 12.5. The van der Waals surface area contributed by atoms with Gasteiger partial charge in [-0.2, -0.15) is 0 Å². The third kappa shape index (κ3) is 4.63. The first-order valence-electron chi connectivity index (χ1n) is 10.2. The first-order valence-corrected chi connectivity index (χ1v) is 11.0. The average Bonchev–Trinajstić information content (AvgIpc) is 3.41. The molecule has 1 saturated carbocycles. The van der Waals surface area contributed by atoms with Crippen LogP contribution < -0.4 is 10.1 Å². The fourth-order valence-corrected chi connectivity index (χ4v) is 5.31. The van der Waals surface area contributed by atoms with Crippen molar-refractivity contribution in [3.05, 3.63) is 34.3 Å². The van der Waals surface area contributed by atoms with E-state index in [9.17, 15) is 4.79 Å². The number of anilines is 1. The van der Waals surface area contributed by atoms with E-state index in [1.165, 1.54) is 30.7 Å². The highest BCUT2D eigenvalue weighted by molar-refractivity contribution is 7.11. The molecule has 1 aromatic heterocycles. The van der Waals surface area contributed by atoms with E-state index in [-0.39, 0.29) is 6.03 Å². The predicted molar refractivity (Wildman–Crippen MR) is 111 cm³/mol. The summed E-state index contributed by atoms with van der Waals surface area (Å²) >= 11 is 1.79. The second-order valence-electron chi connectivity index (χ2n) is 7.81. The Hall–Kier alpha value is -2.15. The summed E-state index contributed by atoms with van der Waals surface area (Å²) < 4.78 is 5.15. The number of amides is 2. The number of methoxy groups -OCH3 is 1. The van der Waals surface area contributed by atoms with Gasteiger partial charge in [0, 0.05) is 31.1 Å². The van der Waals surface area contributed by atoms with Gasteiger partial charge >= 0.3 is 6.03 Å². The molecule has 1 saturated heterocycles. The number of nitrogens with one attached hydrogen (secondary N) is 1. The summed E-state index contributed by atoms with van der Waals surface area (Å²) in [5, 5.41) is 14.2. The van der Waals surface area contributed by atoms with Crippen LogP contribution in [0.2, 0.25) is 0 Å². The zero-order chi connectivity index (χ0) is 19.3. The number of rotatable bonds is 5. The number of urea groups is 1. The third-order valence-electron chi connectivity index (χ3n) is 5.89. The highest BCUT2D eigenvalue weighted by atomic mass is 32.1. The van der Waals surface area contributed by atoms with Crippen molar-refractivity contribution >= 4 is 23.1 Å². The lowest BCUT2D eigenvalue weighted by molar-refractivity contribution is 0.194. The molecule has 2 aromatic rings. The molecule has 1 aliphatic heterocycles. The fourth-order valence-electron chi connectivity index (χ4n) is 4.18. The van der Waals surface area contributed by atoms with Crippen LogP contribution in [0, 0.1) is 5.92 Å².